The molecule has 0 unspecified atom stereocenters. The number of rotatable bonds is 7. The first-order chi connectivity index (χ1) is 8.07. The van der Waals surface area contributed by atoms with Crippen LogP contribution >= 0.6 is 0 Å². The summed E-state index contributed by atoms with van der Waals surface area (Å²) >= 11 is 0. The lowest BCUT2D eigenvalue weighted by molar-refractivity contribution is 0.0232. The molecule has 2 N–H and O–H groups in total. The average molecular weight is 235 g/mol. The molecule has 0 aliphatic heterocycles. The Balaban J connectivity index is 2.59. The number of nitrogens with two attached hydrogens (primary N) is 1. The van der Waals surface area contributed by atoms with E-state index < -0.39 is 0 Å². The molecular weight excluding hydrogens is 210 g/mol. The van der Waals surface area contributed by atoms with Gasteiger partial charge in [0.2, 0.25) is 0 Å². The van der Waals surface area contributed by atoms with Gasteiger partial charge in [-0.05, 0) is 50.8 Å². The van der Waals surface area contributed by atoms with Crippen molar-refractivity contribution in [2.75, 3.05) is 13.7 Å². The average Bonchev–Trinajstić information content (AvgIpc) is 2.29. The van der Waals surface area contributed by atoms with Crippen LogP contribution in [0.2, 0.25) is 0 Å². The maximum atomic E-state index is 5.51. The van der Waals surface area contributed by atoms with Gasteiger partial charge in [-0.15, -0.1) is 0 Å². The zero-order valence-corrected chi connectivity index (χ0v) is 11.3. The van der Waals surface area contributed by atoms with Gasteiger partial charge in [-0.3, -0.25) is 0 Å². The Morgan fingerprint density at radius 1 is 1.18 bits per heavy atom. The Morgan fingerprint density at radius 3 is 2.53 bits per heavy atom. The fraction of sp³-hybridized carbons (Fsp3) is 0.600. The van der Waals surface area contributed by atoms with Crippen molar-refractivity contribution in [1.82, 2.24) is 0 Å². The molecule has 0 amide bonds. The fourth-order valence-electron chi connectivity index (χ4n) is 1.93. The minimum Gasteiger partial charge on any atom is -0.378 e. The maximum absolute atomic E-state index is 5.51. The summed E-state index contributed by atoms with van der Waals surface area (Å²) in [7, 11) is 1.77. The second kappa shape index (κ2) is 6.77. The van der Waals surface area contributed by atoms with Crippen LogP contribution in [-0.4, -0.2) is 19.3 Å². The number of unbranched alkanes of at least 4 members (excludes halogenated alkanes) is 1. The highest BCUT2D eigenvalue weighted by molar-refractivity contribution is 5.24. The molecule has 96 valence electrons. The van der Waals surface area contributed by atoms with Crippen molar-refractivity contribution in [3.05, 3.63) is 35.4 Å². The van der Waals surface area contributed by atoms with E-state index >= 15 is 0 Å². The molecule has 0 aromatic heterocycles. The number of methoxy groups -OCH3 is 1. The molecule has 0 aliphatic rings. The van der Waals surface area contributed by atoms with E-state index in [1.165, 1.54) is 17.5 Å². The summed E-state index contributed by atoms with van der Waals surface area (Å²) in [6, 6.07) is 8.79. The first-order valence-corrected chi connectivity index (χ1v) is 6.40. The molecule has 0 heterocycles. The molecule has 17 heavy (non-hydrogen) atoms. The van der Waals surface area contributed by atoms with E-state index in [9.17, 15) is 0 Å². The SMILES string of the molecule is COC(C)(C)Cc1cccc(CCCCN)c1. The summed E-state index contributed by atoms with van der Waals surface area (Å²) < 4.78 is 5.46. The largest absolute Gasteiger partial charge is 0.378 e. The molecular formula is C15H25NO. The zero-order chi connectivity index (χ0) is 12.7. The predicted molar refractivity (Wildman–Crippen MR) is 73.2 cm³/mol. The maximum Gasteiger partial charge on any atom is 0.0662 e. The van der Waals surface area contributed by atoms with Gasteiger partial charge in [-0.25, -0.2) is 0 Å². The van der Waals surface area contributed by atoms with Gasteiger partial charge in [0.25, 0.3) is 0 Å². The smallest absolute Gasteiger partial charge is 0.0662 e. The number of hydrogen-bond acceptors (Lipinski definition) is 2. The fourth-order valence-corrected chi connectivity index (χ4v) is 1.93. The first kappa shape index (κ1) is 14.2. The Morgan fingerprint density at radius 2 is 1.88 bits per heavy atom. The van der Waals surface area contributed by atoms with Crippen LogP contribution in [0.25, 0.3) is 0 Å². The highest BCUT2D eigenvalue weighted by Gasteiger charge is 2.16. The van der Waals surface area contributed by atoms with Crippen molar-refractivity contribution in [1.29, 1.82) is 0 Å². The summed E-state index contributed by atoms with van der Waals surface area (Å²) in [6.45, 7) is 5.03. The Labute approximate surface area is 105 Å². The van der Waals surface area contributed by atoms with Crippen molar-refractivity contribution >= 4 is 0 Å². The number of hydrogen-bond donors (Lipinski definition) is 1. The first-order valence-electron chi connectivity index (χ1n) is 6.40. The topological polar surface area (TPSA) is 35.2 Å². The molecule has 0 spiro atoms. The van der Waals surface area contributed by atoms with Gasteiger partial charge in [0.1, 0.15) is 0 Å². The molecule has 1 rings (SSSR count). The lowest BCUT2D eigenvalue weighted by Crippen LogP contribution is -2.25. The highest BCUT2D eigenvalue weighted by Crippen LogP contribution is 2.17. The highest BCUT2D eigenvalue weighted by atomic mass is 16.5. The Bertz CT molecular complexity index is 333. The molecule has 2 heteroatoms. The Kier molecular flexibility index (Phi) is 5.66. The van der Waals surface area contributed by atoms with Crippen LogP contribution in [0.15, 0.2) is 24.3 Å². The zero-order valence-electron chi connectivity index (χ0n) is 11.3. The lowest BCUT2D eigenvalue weighted by Gasteiger charge is -2.23. The molecule has 0 aliphatic carbocycles. The minimum absolute atomic E-state index is 0.0874. The third kappa shape index (κ3) is 5.33. The van der Waals surface area contributed by atoms with Crippen molar-refractivity contribution in [3.8, 4) is 0 Å². The van der Waals surface area contributed by atoms with E-state index in [1.807, 2.05) is 0 Å². The van der Waals surface area contributed by atoms with Crippen molar-refractivity contribution in [2.24, 2.45) is 5.73 Å². The summed E-state index contributed by atoms with van der Waals surface area (Å²) in [6.07, 6.45) is 4.36. The van der Waals surface area contributed by atoms with E-state index in [2.05, 4.69) is 38.1 Å². The molecule has 0 atom stereocenters. The second-order valence-electron chi connectivity index (χ2n) is 5.21. The predicted octanol–water partition coefficient (Wildman–Crippen LogP) is 2.94. The Hall–Kier alpha value is -0.860. The standard InChI is InChI=1S/C15H25NO/c1-15(2,17-3)12-14-9-6-8-13(11-14)7-4-5-10-16/h6,8-9,11H,4-5,7,10,12,16H2,1-3H3. The molecule has 1 aromatic rings. The molecule has 0 bridgehead atoms. The van der Waals surface area contributed by atoms with E-state index in [1.54, 1.807) is 7.11 Å². The van der Waals surface area contributed by atoms with Gasteiger partial charge in [0.05, 0.1) is 5.60 Å². The molecule has 1 aromatic carbocycles. The van der Waals surface area contributed by atoms with Gasteiger partial charge in [0.15, 0.2) is 0 Å². The van der Waals surface area contributed by atoms with Gasteiger partial charge >= 0.3 is 0 Å². The van der Waals surface area contributed by atoms with E-state index in [0.717, 1.165) is 25.8 Å². The van der Waals surface area contributed by atoms with Crippen molar-refractivity contribution < 1.29 is 4.74 Å². The van der Waals surface area contributed by atoms with Gasteiger partial charge < -0.3 is 10.5 Å². The molecule has 0 saturated heterocycles. The van der Waals surface area contributed by atoms with Crippen molar-refractivity contribution in [2.45, 2.75) is 45.1 Å². The normalized spacial score (nSPS) is 11.8. The van der Waals surface area contributed by atoms with Crippen LogP contribution in [-0.2, 0) is 17.6 Å². The molecule has 0 radical (unpaired) electrons. The van der Waals surface area contributed by atoms with Crippen LogP contribution in [0, 0.1) is 0 Å². The van der Waals surface area contributed by atoms with E-state index in [0.29, 0.717) is 0 Å². The van der Waals surface area contributed by atoms with Crippen molar-refractivity contribution in [3.63, 3.8) is 0 Å². The van der Waals surface area contributed by atoms with E-state index in [4.69, 9.17) is 10.5 Å². The minimum atomic E-state index is -0.0874. The molecule has 0 saturated carbocycles. The van der Waals surface area contributed by atoms with Gasteiger partial charge in [-0.2, -0.15) is 0 Å². The summed E-state index contributed by atoms with van der Waals surface area (Å²) in [4.78, 5) is 0. The summed E-state index contributed by atoms with van der Waals surface area (Å²) in [5.74, 6) is 0. The second-order valence-corrected chi connectivity index (χ2v) is 5.21. The third-order valence-electron chi connectivity index (χ3n) is 3.09. The van der Waals surface area contributed by atoms with Crippen LogP contribution in [0.3, 0.4) is 0 Å². The molecule has 2 nitrogen and oxygen atoms in total. The van der Waals surface area contributed by atoms with E-state index in [-0.39, 0.29) is 5.60 Å². The number of benzene rings is 1. The van der Waals surface area contributed by atoms with Crippen LogP contribution in [0.1, 0.15) is 37.8 Å². The monoisotopic (exact) mass is 235 g/mol. The quantitative estimate of drug-likeness (QED) is 0.737. The summed E-state index contributed by atoms with van der Waals surface area (Å²) in [5.41, 5.74) is 8.17. The van der Waals surface area contributed by atoms with Gasteiger partial charge in [0, 0.05) is 13.5 Å². The van der Waals surface area contributed by atoms with Crippen LogP contribution < -0.4 is 5.73 Å². The third-order valence-corrected chi connectivity index (χ3v) is 3.09. The van der Waals surface area contributed by atoms with Crippen LogP contribution in [0.5, 0.6) is 0 Å². The summed E-state index contributed by atoms with van der Waals surface area (Å²) in [5, 5.41) is 0. The van der Waals surface area contributed by atoms with Crippen LogP contribution in [0.4, 0.5) is 0 Å². The van der Waals surface area contributed by atoms with Gasteiger partial charge in [-0.1, -0.05) is 24.3 Å². The number of ether oxygens (including phenoxy) is 1. The lowest BCUT2D eigenvalue weighted by atomic mass is 9.96. The molecule has 0 fully saturated rings. The number of aryl methyl sites for hydroxylation is 1.